The Morgan fingerprint density at radius 3 is 2.50 bits per heavy atom. The molecule has 0 aliphatic rings. The minimum absolute atomic E-state index is 0.0378. The van der Waals surface area contributed by atoms with E-state index in [2.05, 4.69) is 15.6 Å². The number of nitrogens with zero attached hydrogens (tertiary/aromatic N) is 2. The van der Waals surface area contributed by atoms with Gasteiger partial charge in [-0.15, -0.1) is 0 Å². The highest BCUT2D eigenvalue weighted by Crippen LogP contribution is 2.37. The molecule has 0 aliphatic heterocycles. The monoisotopic (exact) mass is 576 g/mol. The number of nitrogens with one attached hydrogen (secondary N) is 2. The molecule has 0 bridgehead atoms. The number of pyridine rings is 1. The van der Waals surface area contributed by atoms with E-state index in [0.717, 1.165) is 12.1 Å². The maximum atomic E-state index is 14.7. The summed E-state index contributed by atoms with van der Waals surface area (Å²) in [5.74, 6) is -2.13. The lowest BCUT2D eigenvalue weighted by Crippen LogP contribution is -2.27. The SMILES string of the molecule is COCOc1cc(F)ccc1-c1cc(-c2ccc(F)c(NC(=O)OC(C)(C)C)c2)c(C#N)c(NC(=O)c2ccco2)n1. The van der Waals surface area contributed by atoms with Gasteiger partial charge in [-0.1, -0.05) is 6.07 Å². The highest BCUT2D eigenvalue weighted by molar-refractivity contribution is 6.03. The van der Waals surface area contributed by atoms with Gasteiger partial charge in [0.05, 0.1) is 17.6 Å². The number of anilines is 2. The maximum Gasteiger partial charge on any atom is 0.412 e. The van der Waals surface area contributed by atoms with Crippen LogP contribution in [0.1, 0.15) is 36.9 Å². The van der Waals surface area contributed by atoms with Crippen LogP contribution in [-0.4, -0.2) is 36.5 Å². The van der Waals surface area contributed by atoms with Crippen molar-refractivity contribution in [1.82, 2.24) is 4.98 Å². The molecule has 12 heteroatoms. The third-order valence-corrected chi connectivity index (χ3v) is 5.57. The summed E-state index contributed by atoms with van der Waals surface area (Å²) in [7, 11) is 1.40. The van der Waals surface area contributed by atoms with Gasteiger partial charge in [0.25, 0.3) is 5.91 Å². The molecule has 2 heterocycles. The molecule has 4 aromatic rings. The number of amides is 2. The minimum atomic E-state index is -0.882. The molecule has 2 aromatic carbocycles. The van der Waals surface area contributed by atoms with Crippen LogP contribution in [0.4, 0.5) is 25.1 Å². The molecule has 0 spiro atoms. The van der Waals surface area contributed by atoms with E-state index >= 15 is 0 Å². The van der Waals surface area contributed by atoms with Gasteiger partial charge in [0, 0.05) is 24.3 Å². The van der Waals surface area contributed by atoms with E-state index in [4.69, 9.17) is 18.6 Å². The third-order valence-electron chi connectivity index (χ3n) is 5.57. The van der Waals surface area contributed by atoms with E-state index in [0.29, 0.717) is 5.56 Å². The van der Waals surface area contributed by atoms with E-state index in [1.807, 2.05) is 6.07 Å². The smallest absolute Gasteiger partial charge is 0.412 e. The zero-order valence-corrected chi connectivity index (χ0v) is 23.1. The summed E-state index contributed by atoms with van der Waals surface area (Å²) in [5, 5.41) is 15.1. The first-order chi connectivity index (χ1) is 20.0. The van der Waals surface area contributed by atoms with E-state index < -0.39 is 29.2 Å². The number of carbonyl (C=O) groups excluding carboxylic acids is 2. The van der Waals surface area contributed by atoms with Crippen LogP contribution in [0.3, 0.4) is 0 Å². The van der Waals surface area contributed by atoms with Crippen LogP contribution in [0, 0.1) is 23.0 Å². The molecule has 10 nitrogen and oxygen atoms in total. The number of furan rings is 1. The number of benzene rings is 2. The van der Waals surface area contributed by atoms with Crippen molar-refractivity contribution >= 4 is 23.5 Å². The number of nitriles is 1. The topological polar surface area (TPSA) is 136 Å². The van der Waals surface area contributed by atoms with Crippen molar-refractivity contribution in [3.05, 3.63) is 83.8 Å². The summed E-state index contributed by atoms with van der Waals surface area (Å²) in [6, 6.07) is 14.0. The van der Waals surface area contributed by atoms with Crippen LogP contribution in [-0.2, 0) is 9.47 Å². The number of carbonyl (C=O) groups is 2. The lowest BCUT2D eigenvalue weighted by Gasteiger charge is -2.20. The van der Waals surface area contributed by atoms with Crippen molar-refractivity contribution in [2.24, 2.45) is 0 Å². The Hall–Kier alpha value is -5.28. The van der Waals surface area contributed by atoms with Crippen molar-refractivity contribution in [1.29, 1.82) is 5.26 Å². The molecule has 2 amide bonds. The number of halogens is 2. The van der Waals surface area contributed by atoms with Crippen molar-refractivity contribution in [3.8, 4) is 34.2 Å². The largest absolute Gasteiger partial charge is 0.467 e. The van der Waals surface area contributed by atoms with Crippen LogP contribution >= 0.6 is 0 Å². The molecular formula is C30H26F2N4O6. The lowest BCUT2D eigenvalue weighted by molar-refractivity contribution is 0.0513. The second-order valence-corrected chi connectivity index (χ2v) is 9.83. The Labute approximate surface area is 239 Å². The lowest BCUT2D eigenvalue weighted by atomic mass is 9.97. The molecule has 2 aromatic heterocycles. The van der Waals surface area contributed by atoms with Crippen LogP contribution in [0.5, 0.6) is 5.75 Å². The minimum Gasteiger partial charge on any atom is -0.467 e. The molecule has 0 saturated heterocycles. The number of aromatic nitrogens is 1. The second-order valence-electron chi connectivity index (χ2n) is 9.83. The predicted octanol–water partition coefficient (Wildman–Crippen LogP) is 6.74. The van der Waals surface area contributed by atoms with Gasteiger partial charge in [-0.2, -0.15) is 5.26 Å². The number of rotatable bonds is 8. The summed E-state index contributed by atoms with van der Waals surface area (Å²) in [6.45, 7) is 4.79. The zero-order chi connectivity index (χ0) is 30.4. The van der Waals surface area contributed by atoms with Crippen molar-refractivity contribution in [2.45, 2.75) is 26.4 Å². The van der Waals surface area contributed by atoms with Gasteiger partial charge in [0.1, 0.15) is 34.6 Å². The zero-order valence-electron chi connectivity index (χ0n) is 23.1. The van der Waals surface area contributed by atoms with Crippen LogP contribution in [0.15, 0.2) is 65.3 Å². The van der Waals surface area contributed by atoms with Crippen molar-refractivity contribution in [3.63, 3.8) is 0 Å². The van der Waals surface area contributed by atoms with Gasteiger partial charge in [-0.05, 0) is 68.8 Å². The summed E-state index contributed by atoms with van der Waals surface area (Å²) in [6.07, 6.45) is 0.428. The molecule has 0 unspecified atom stereocenters. The van der Waals surface area contributed by atoms with Gasteiger partial charge in [-0.25, -0.2) is 18.6 Å². The first-order valence-electron chi connectivity index (χ1n) is 12.5. The van der Waals surface area contributed by atoms with Crippen LogP contribution < -0.4 is 15.4 Å². The molecular weight excluding hydrogens is 550 g/mol. The van der Waals surface area contributed by atoms with Crippen LogP contribution in [0.2, 0.25) is 0 Å². The first-order valence-corrected chi connectivity index (χ1v) is 12.5. The van der Waals surface area contributed by atoms with Crippen molar-refractivity contribution < 1.29 is 37.0 Å². The van der Waals surface area contributed by atoms with Gasteiger partial charge >= 0.3 is 6.09 Å². The molecule has 42 heavy (non-hydrogen) atoms. The maximum absolute atomic E-state index is 14.7. The summed E-state index contributed by atoms with van der Waals surface area (Å²) in [4.78, 5) is 29.7. The summed E-state index contributed by atoms with van der Waals surface area (Å²) in [5.41, 5.74) is -0.127. The summed E-state index contributed by atoms with van der Waals surface area (Å²) < 4.78 is 49.7. The number of hydrogen-bond acceptors (Lipinski definition) is 8. The van der Waals surface area contributed by atoms with E-state index in [9.17, 15) is 23.6 Å². The Balaban J connectivity index is 1.88. The normalized spacial score (nSPS) is 11.0. The van der Waals surface area contributed by atoms with Gasteiger partial charge in [0.15, 0.2) is 18.4 Å². The molecule has 0 atom stereocenters. The molecule has 0 aliphatic carbocycles. The quantitative estimate of drug-likeness (QED) is 0.220. The average Bonchev–Trinajstić information content (AvgIpc) is 3.47. The number of ether oxygens (including phenoxy) is 3. The third kappa shape index (κ3) is 7.07. The molecule has 0 fully saturated rings. The van der Waals surface area contributed by atoms with Gasteiger partial charge < -0.3 is 23.9 Å². The fourth-order valence-electron chi connectivity index (χ4n) is 3.84. The number of methoxy groups -OCH3 is 1. The molecule has 216 valence electrons. The highest BCUT2D eigenvalue weighted by Gasteiger charge is 2.22. The molecule has 0 saturated carbocycles. The fraction of sp³-hybridized carbons (Fsp3) is 0.200. The van der Waals surface area contributed by atoms with Crippen molar-refractivity contribution in [2.75, 3.05) is 24.5 Å². The Bertz CT molecular complexity index is 1660. The molecule has 2 N–H and O–H groups in total. The van der Waals surface area contributed by atoms with Gasteiger partial charge in [-0.3, -0.25) is 10.1 Å². The fourth-order valence-corrected chi connectivity index (χ4v) is 3.84. The molecule has 4 rings (SSSR count). The summed E-state index contributed by atoms with van der Waals surface area (Å²) >= 11 is 0. The predicted molar refractivity (Wildman–Crippen MR) is 149 cm³/mol. The first kappa shape index (κ1) is 29.7. The van der Waals surface area contributed by atoms with E-state index in [-0.39, 0.29) is 52.2 Å². The van der Waals surface area contributed by atoms with Crippen LogP contribution in [0.25, 0.3) is 22.4 Å². The van der Waals surface area contributed by atoms with Gasteiger partial charge in [0.2, 0.25) is 0 Å². The Morgan fingerprint density at radius 2 is 1.83 bits per heavy atom. The van der Waals surface area contributed by atoms with E-state index in [1.54, 1.807) is 20.8 Å². The molecule has 0 radical (unpaired) electrons. The Kier molecular flexibility index (Phi) is 8.83. The standard InChI is InChI=1S/C30H26F2N4O6/c1-30(2,3)42-29(38)35-24-12-17(7-10-22(24)32)20-14-23(19-9-8-18(31)13-26(19)41-16-39-4)34-27(21(20)15-33)36-28(37)25-6-5-11-40-25/h5-14H,16H2,1-4H3,(H,35,38)(H,34,36,37). The number of hydrogen-bond donors (Lipinski definition) is 2. The second kappa shape index (κ2) is 12.5. The Morgan fingerprint density at radius 1 is 1.05 bits per heavy atom. The average molecular weight is 577 g/mol. The van der Waals surface area contributed by atoms with E-state index in [1.165, 1.54) is 55.8 Å². The highest BCUT2D eigenvalue weighted by atomic mass is 19.1.